The van der Waals surface area contributed by atoms with Gasteiger partial charge in [0.2, 0.25) is 5.91 Å². The number of imide groups is 1. The van der Waals surface area contributed by atoms with Crippen LogP contribution in [0.25, 0.3) is 0 Å². The third-order valence-corrected chi connectivity index (χ3v) is 5.85. The van der Waals surface area contributed by atoms with E-state index in [2.05, 4.69) is 39.4 Å². The smallest absolute Gasteiger partial charge is 0.321 e. The van der Waals surface area contributed by atoms with E-state index in [1.54, 1.807) is 12.1 Å². The first-order valence-corrected chi connectivity index (χ1v) is 10.3. The summed E-state index contributed by atoms with van der Waals surface area (Å²) in [5.41, 5.74) is 2.69. The number of amides is 3. The van der Waals surface area contributed by atoms with Crippen LogP contribution in [-0.2, 0) is 11.3 Å². The van der Waals surface area contributed by atoms with Gasteiger partial charge in [0.25, 0.3) is 0 Å². The van der Waals surface area contributed by atoms with Gasteiger partial charge in [0, 0.05) is 37.7 Å². The van der Waals surface area contributed by atoms with E-state index in [1.807, 2.05) is 19.1 Å². The van der Waals surface area contributed by atoms with Gasteiger partial charge in [-0.2, -0.15) is 0 Å². The fourth-order valence-corrected chi connectivity index (χ4v) is 4.16. The van der Waals surface area contributed by atoms with Gasteiger partial charge in [0.05, 0.1) is 18.3 Å². The summed E-state index contributed by atoms with van der Waals surface area (Å²) < 4.78 is 0. The number of hydrogen-bond donors (Lipinski definition) is 1. The van der Waals surface area contributed by atoms with Crippen molar-refractivity contribution in [2.75, 3.05) is 31.1 Å². The molecule has 1 unspecified atom stereocenters. The Morgan fingerprint density at radius 2 is 1.76 bits per heavy atom. The van der Waals surface area contributed by atoms with Crippen LogP contribution in [-0.4, -0.2) is 54.1 Å². The lowest BCUT2D eigenvalue weighted by molar-refractivity contribution is -0.120. The molecule has 3 amide bonds. The summed E-state index contributed by atoms with van der Waals surface area (Å²) in [7, 11) is 0. The van der Waals surface area contributed by atoms with Crippen molar-refractivity contribution < 1.29 is 9.59 Å². The van der Waals surface area contributed by atoms with Gasteiger partial charge in [-0.3, -0.25) is 14.6 Å². The number of carbonyl (C=O) groups excluding carboxylic acids is 2. The number of nitrogens with one attached hydrogen (secondary N) is 1. The van der Waals surface area contributed by atoms with Crippen molar-refractivity contribution in [2.24, 2.45) is 0 Å². The van der Waals surface area contributed by atoms with Crippen molar-refractivity contribution in [1.29, 1.82) is 0 Å². The second kappa shape index (κ2) is 8.53. The third-order valence-electron chi connectivity index (χ3n) is 5.62. The van der Waals surface area contributed by atoms with Crippen molar-refractivity contribution in [3.63, 3.8) is 0 Å². The highest BCUT2D eigenvalue weighted by atomic mass is 35.5. The van der Waals surface area contributed by atoms with E-state index in [-0.39, 0.29) is 24.5 Å². The van der Waals surface area contributed by atoms with Gasteiger partial charge in [0.1, 0.15) is 0 Å². The molecule has 2 fully saturated rings. The van der Waals surface area contributed by atoms with Crippen LogP contribution in [0.3, 0.4) is 0 Å². The van der Waals surface area contributed by atoms with Gasteiger partial charge in [-0.1, -0.05) is 48.0 Å². The van der Waals surface area contributed by atoms with Crippen molar-refractivity contribution in [1.82, 2.24) is 15.1 Å². The molecule has 152 valence electrons. The summed E-state index contributed by atoms with van der Waals surface area (Å²) in [6, 6.07) is 15.3. The van der Waals surface area contributed by atoms with Gasteiger partial charge in [-0.15, -0.1) is 0 Å². The molecule has 2 aliphatic rings. The van der Waals surface area contributed by atoms with Crippen molar-refractivity contribution in [3.05, 3.63) is 64.7 Å². The molecule has 0 spiro atoms. The second-order valence-corrected chi connectivity index (χ2v) is 8.06. The number of anilines is 1. The first kappa shape index (κ1) is 19.9. The first-order valence-electron chi connectivity index (χ1n) is 9.91. The van der Waals surface area contributed by atoms with Gasteiger partial charge < -0.3 is 5.32 Å². The van der Waals surface area contributed by atoms with Crippen LogP contribution >= 0.6 is 11.6 Å². The molecule has 0 bridgehead atoms. The summed E-state index contributed by atoms with van der Waals surface area (Å²) in [5, 5.41) is 3.51. The van der Waals surface area contributed by atoms with Crippen molar-refractivity contribution >= 4 is 29.2 Å². The van der Waals surface area contributed by atoms with E-state index in [0.717, 1.165) is 38.3 Å². The second-order valence-electron chi connectivity index (χ2n) is 7.63. The lowest BCUT2D eigenvalue weighted by atomic mass is 10.1. The fourth-order valence-electron chi connectivity index (χ4n) is 3.99. The largest absolute Gasteiger partial charge is 0.330 e. The Bertz CT molecular complexity index is 879. The van der Waals surface area contributed by atoms with E-state index >= 15 is 0 Å². The Hall–Kier alpha value is -2.41. The Kier molecular flexibility index (Phi) is 5.85. The number of rotatable bonds is 4. The molecule has 1 atom stereocenters. The lowest BCUT2D eigenvalue weighted by Crippen LogP contribution is -2.63. The molecule has 6 nitrogen and oxygen atoms in total. The molecule has 2 heterocycles. The highest BCUT2D eigenvalue weighted by molar-refractivity contribution is 6.31. The molecular formula is C22H25ClN4O2. The standard InChI is InChI=1S/C22H25ClN4O2/c1-16-7-8-18(23)13-19(16)27-21(28)14-20(24-22(27)29)26-11-9-25(10-12-26)15-17-5-3-2-4-6-17/h2-8,13,20H,9-12,14-15H2,1H3,(H,24,29). The number of carbonyl (C=O) groups is 2. The summed E-state index contributed by atoms with van der Waals surface area (Å²) in [4.78, 5) is 31.4. The summed E-state index contributed by atoms with van der Waals surface area (Å²) >= 11 is 6.07. The zero-order chi connectivity index (χ0) is 20.4. The fraction of sp³-hybridized carbons (Fsp3) is 0.364. The summed E-state index contributed by atoms with van der Waals surface area (Å²) in [6.07, 6.45) is 0.000681. The molecule has 0 aromatic heterocycles. The molecule has 1 N–H and O–H groups in total. The van der Waals surface area contributed by atoms with Crippen LogP contribution in [0.4, 0.5) is 10.5 Å². The van der Waals surface area contributed by atoms with Gasteiger partial charge in [-0.05, 0) is 30.2 Å². The number of aryl methyl sites for hydroxylation is 1. The highest BCUT2D eigenvalue weighted by Gasteiger charge is 2.37. The Labute approximate surface area is 176 Å². The molecule has 0 saturated carbocycles. The minimum atomic E-state index is -0.386. The Balaban J connectivity index is 1.37. The van der Waals surface area contributed by atoms with Gasteiger partial charge in [0.15, 0.2) is 0 Å². The van der Waals surface area contributed by atoms with Gasteiger partial charge in [-0.25, -0.2) is 9.69 Å². The van der Waals surface area contributed by atoms with Crippen LogP contribution in [0, 0.1) is 6.92 Å². The predicted octanol–water partition coefficient (Wildman–Crippen LogP) is 3.24. The summed E-state index contributed by atoms with van der Waals surface area (Å²) in [6.45, 7) is 6.25. The maximum atomic E-state index is 12.8. The molecule has 2 aromatic rings. The minimum absolute atomic E-state index is 0.198. The SMILES string of the molecule is Cc1ccc(Cl)cc1N1C(=O)CC(N2CCN(Cc3ccccc3)CC2)NC1=O. The van der Waals surface area contributed by atoms with Crippen molar-refractivity contribution in [3.8, 4) is 0 Å². The van der Waals surface area contributed by atoms with E-state index in [9.17, 15) is 9.59 Å². The van der Waals surface area contributed by atoms with Crippen LogP contribution in [0.1, 0.15) is 17.5 Å². The van der Waals surface area contributed by atoms with Crippen LogP contribution in [0.2, 0.25) is 5.02 Å². The lowest BCUT2D eigenvalue weighted by Gasteiger charge is -2.42. The first-order chi connectivity index (χ1) is 14.0. The normalized spacial score (nSPS) is 21.3. The molecule has 7 heteroatoms. The number of nitrogens with zero attached hydrogens (tertiary/aromatic N) is 3. The van der Waals surface area contributed by atoms with Crippen molar-refractivity contribution in [2.45, 2.75) is 26.1 Å². The molecule has 2 aliphatic heterocycles. The predicted molar refractivity (Wildman–Crippen MR) is 114 cm³/mol. The van der Waals surface area contributed by atoms with E-state index < -0.39 is 0 Å². The third kappa shape index (κ3) is 4.45. The van der Waals surface area contributed by atoms with Crippen LogP contribution < -0.4 is 10.2 Å². The number of piperazine rings is 1. The molecular weight excluding hydrogens is 388 g/mol. The number of hydrogen-bond acceptors (Lipinski definition) is 4. The minimum Gasteiger partial charge on any atom is -0.321 e. The van der Waals surface area contributed by atoms with E-state index in [0.29, 0.717) is 10.7 Å². The average Bonchev–Trinajstić information content (AvgIpc) is 2.71. The molecule has 0 aliphatic carbocycles. The molecule has 4 rings (SSSR count). The number of benzene rings is 2. The van der Waals surface area contributed by atoms with E-state index in [1.165, 1.54) is 10.5 Å². The molecule has 2 aromatic carbocycles. The monoisotopic (exact) mass is 412 g/mol. The van der Waals surface area contributed by atoms with Crippen LogP contribution in [0.15, 0.2) is 48.5 Å². The van der Waals surface area contributed by atoms with E-state index in [4.69, 9.17) is 11.6 Å². The maximum Gasteiger partial charge on any atom is 0.330 e. The maximum absolute atomic E-state index is 12.8. The number of urea groups is 1. The topological polar surface area (TPSA) is 55.9 Å². The highest BCUT2D eigenvalue weighted by Crippen LogP contribution is 2.27. The van der Waals surface area contributed by atoms with Gasteiger partial charge >= 0.3 is 6.03 Å². The molecule has 29 heavy (non-hydrogen) atoms. The number of halogens is 1. The summed E-state index contributed by atoms with van der Waals surface area (Å²) in [5.74, 6) is -0.198. The molecule has 2 saturated heterocycles. The Morgan fingerprint density at radius 3 is 2.45 bits per heavy atom. The zero-order valence-corrected chi connectivity index (χ0v) is 17.2. The molecule has 0 radical (unpaired) electrons. The quantitative estimate of drug-likeness (QED) is 0.837. The Morgan fingerprint density at radius 1 is 1.03 bits per heavy atom. The average molecular weight is 413 g/mol. The van der Waals surface area contributed by atoms with Crippen LogP contribution in [0.5, 0.6) is 0 Å². The zero-order valence-electron chi connectivity index (χ0n) is 16.5.